The molecule has 4 nitrogen and oxygen atoms in total. The molecule has 19 heavy (non-hydrogen) atoms. The van der Waals surface area contributed by atoms with Gasteiger partial charge in [0, 0.05) is 11.7 Å². The van der Waals surface area contributed by atoms with Crippen LogP contribution in [0.5, 0.6) is 5.75 Å². The average Bonchev–Trinajstić information content (AvgIpc) is 2.37. The Morgan fingerprint density at radius 1 is 1.16 bits per heavy atom. The van der Waals surface area contributed by atoms with Crippen LogP contribution in [0.3, 0.4) is 0 Å². The number of carbonyl (C=O) groups is 1. The molecule has 0 atom stereocenters. The fourth-order valence-corrected chi connectivity index (χ4v) is 3.42. The van der Waals surface area contributed by atoms with Gasteiger partial charge in [-0.15, -0.1) is 0 Å². The summed E-state index contributed by atoms with van der Waals surface area (Å²) in [6, 6.07) is 3.41. The van der Waals surface area contributed by atoms with Gasteiger partial charge in [0.1, 0.15) is 5.75 Å². The van der Waals surface area contributed by atoms with E-state index in [0.29, 0.717) is 14.6 Å². The molecule has 1 aromatic rings. The Labute approximate surface area is 129 Å². The normalized spacial score (nSPS) is 16.1. The van der Waals surface area contributed by atoms with Crippen molar-refractivity contribution in [2.75, 3.05) is 5.32 Å². The molecule has 1 aromatic carbocycles. The predicted octanol–water partition coefficient (Wildman–Crippen LogP) is 4.37. The van der Waals surface area contributed by atoms with Crippen LogP contribution in [-0.4, -0.2) is 17.2 Å². The summed E-state index contributed by atoms with van der Waals surface area (Å²) in [5.74, 6) is 0.123. The van der Waals surface area contributed by atoms with Crippen molar-refractivity contribution >= 4 is 43.6 Å². The molecule has 0 saturated heterocycles. The molecule has 104 valence electrons. The topological polar surface area (TPSA) is 61.4 Å². The first kappa shape index (κ1) is 14.7. The van der Waals surface area contributed by atoms with Crippen LogP contribution in [0.2, 0.25) is 0 Å². The third kappa shape index (κ3) is 4.11. The van der Waals surface area contributed by atoms with Crippen molar-refractivity contribution in [3.8, 4) is 5.75 Å². The number of urea groups is 1. The Morgan fingerprint density at radius 2 is 1.74 bits per heavy atom. The summed E-state index contributed by atoms with van der Waals surface area (Å²) in [6.45, 7) is 0. The minimum Gasteiger partial charge on any atom is -0.506 e. The van der Waals surface area contributed by atoms with E-state index >= 15 is 0 Å². The number of nitrogens with one attached hydrogen (secondary N) is 2. The first-order valence-electron chi connectivity index (χ1n) is 6.32. The molecule has 0 radical (unpaired) electrons. The number of rotatable bonds is 2. The van der Waals surface area contributed by atoms with E-state index < -0.39 is 0 Å². The second kappa shape index (κ2) is 6.61. The molecule has 1 aliphatic carbocycles. The van der Waals surface area contributed by atoms with Gasteiger partial charge in [-0.25, -0.2) is 4.79 Å². The number of amides is 2. The summed E-state index contributed by atoms with van der Waals surface area (Å²) in [5.41, 5.74) is 0.629. The molecule has 0 aliphatic heterocycles. The zero-order chi connectivity index (χ0) is 13.8. The first-order chi connectivity index (χ1) is 9.06. The second-order valence-electron chi connectivity index (χ2n) is 4.72. The van der Waals surface area contributed by atoms with Crippen molar-refractivity contribution in [1.82, 2.24) is 5.32 Å². The fourth-order valence-electron chi connectivity index (χ4n) is 2.24. The number of anilines is 1. The SMILES string of the molecule is O=C(Nc1cc(Br)c(O)c(Br)c1)NC1CCCCC1. The van der Waals surface area contributed by atoms with E-state index in [4.69, 9.17) is 0 Å². The first-order valence-corrected chi connectivity index (χ1v) is 7.90. The third-order valence-corrected chi connectivity index (χ3v) is 4.42. The minimum atomic E-state index is -0.198. The van der Waals surface area contributed by atoms with Gasteiger partial charge in [0.2, 0.25) is 0 Å². The smallest absolute Gasteiger partial charge is 0.319 e. The van der Waals surface area contributed by atoms with E-state index in [2.05, 4.69) is 42.5 Å². The number of phenolic OH excluding ortho intramolecular Hbond substituents is 1. The van der Waals surface area contributed by atoms with Crippen LogP contribution in [-0.2, 0) is 0 Å². The Bertz CT molecular complexity index is 451. The number of benzene rings is 1. The van der Waals surface area contributed by atoms with Crippen LogP contribution in [0.15, 0.2) is 21.1 Å². The van der Waals surface area contributed by atoms with Crippen LogP contribution in [0.25, 0.3) is 0 Å². The van der Waals surface area contributed by atoms with Crippen molar-refractivity contribution in [2.24, 2.45) is 0 Å². The van der Waals surface area contributed by atoms with Gasteiger partial charge in [-0.1, -0.05) is 19.3 Å². The molecule has 3 N–H and O–H groups in total. The summed E-state index contributed by atoms with van der Waals surface area (Å²) in [4.78, 5) is 11.9. The van der Waals surface area contributed by atoms with Crippen molar-refractivity contribution in [1.29, 1.82) is 0 Å². The molecular weight excluding hydrogens is 376 g/mol. The van der Waals surface area contributed by atoms with Crippen LogP contribution < -0.4 is 10.6 Å². The molecule has 6 heteroatoms. The lowest BCUT2D eigenvalue weighted by Crippen LogP contribution is -2.39. The van der Waals surface area contributed by atoms with Gasteiger partial charge < -0.3 is 15.7 Å². The van der Waals surface area contributed by atoms with Gasteiger partial charge in [-0.2, -0.15) is 0 Å². The van der Waals surface area contributed by atoms with Gasteiger partial charge in [0.05, 0.1) is 8.95 Å². The van der Waals surface area contributed by atoms with Gasteiger partial charge in [-0.05, 0) is 56.8 Å². The third-order valence-electron chi connectivity index (χ3n) is 3.22. The fraction of sp³-hybridized carbons (Fsp3) is 0.462. The van der Waals surface area contributed by atoms with Crippen molar-refractivity contribution in [2.45, 2.75) is 38.1 Å². The van der Waals surface area contributed by atoms with E-state index in [-0.39, 0.29) is 17.8 Å². The molecule has 0 heterocycles. The predicted molar refractivity (Wildman–Crippen MR) is 82.5 cm³/mol. The Balaban J connectivity index is 1.94. The number of carbonyl (C=O) groups excluding carboxylic acids is 1. The second-order valence-corrected chi connectivity index (χ2v) is 6.43. The summed E-state index contributed by atoms with van der Waals surface area (Å²) >= 11 is 6.47. The van der Waals surface area contributed by atoms with Crippen molar-refractivity contribution < 1.29 is 9.90 Å². The summed E-state index contributed by atoms with van der Waals surface area (Å²) in [5, 5.41) is 15.4. The minimum absolute atomic E-state index is 0.123. The van der Waals surface area contributed by atoms with Crippen molar-refractivity contribution in [3.63, 3.8) is 0 Å². The zero-order valence-corrected chi connectivity index (χ0v) is 13.6. The zero-order valence-electron chi connectivity index (χ0n) is 10.4. The molecule has 1 fully saturated rings. The highest BCUT2D eigenvalue weighted by Crippen LogP contribution is 2.35. The number of hydrogen-bond acceptors (Lipinski definition) is 2. The number of aromatic hydroxyl groups is 1. The van der Waals surface area contributed by atoms with Crippen LogP contribution in [0, 0.1) is 0 Å². The lowest BCUT2D eigenvalue weighted by molar-refractivity contribution is 0.244. The maximum absolute atomic E-state index is 11.9. The molecule has 0 unspecified atom stereocenters. The molecule has 1 aliphatic rings. The molecular formula is C13H16Br2N2O2. The highest BCUT2D eigenvalue weighted by Gasteiger charge is 2.16. The Hall–Kier alpha value is -0.750. The van der Waals surface area contributed by atoms with E-state index in [1.807, 2.05) is 0 Å². The monoisotopic (exact) mass is 390 g/mol. The van der Waals surface area contributed by atoms with Gasteiger partial charge >= 0.3 is 6.03 Å². The number of phenols is 1. The maximum atomic E-state index is 11.9. The number of hydrogen-bond donors (Lipinski definition) is 3. The lowest BCUT2D eigenvalue weighted by atomic mass is 9.96. The standard InChI is InChI=1S/C13H16Br2N2O2/c14-10-6-9(7-11(15)12(10)18)17-13(19)16-8-4-2-1-3-5-8/h6-8,18H,1-5H2,(H2,16,17,19). The summed E-state index contributed by atoms with van der Waals surface area (Å²) in [7, 11) is 0. The van der Waals surface area contributed by atoms with E-state index in [1.165, 1.54) is 19.3 Å². The molecule has 1 saturated carbocycles. The molecule has 0 bridgehead atoms. The summed E-state index contributed by atoms with van der Waals surface area (Å²) < 4.78 is 1.07. The number of halogens is 2. The maximum Gasteiger partial charge on any atom is 0.319 e. The Kier molecular flexibility index (Phi) is 5.10. The average molecular weight is 392 g/mol. The van der Waals surface area contributed by atoms with Crippen LogP contribution in [0.4, 0.5) is 10.5 Å². The van der Waals surface area contributed by atoms with Crippen molar-refractivity contribution in [3.05, 3.63) is 21.1 Å². The Morgan fingerprint density at radius 3 is 2.32 bits per heavy atom. The largest absolute Gasteiger partial charge is 0.506 e. The molecule has 0 spiro atoms. The van der Waals surface area contributed by atoms with Crippen LogP contribution in [0.1, 0.15) is 32.1 Å². The van der Waals surface area contributed by atoms with Gasteiger partial charge in [-0.3, -0.25) is 0 Å². The van der Waals surface area contributed by atoms with Crippen LogP contribution >= 0.6 is 31.9 Å². The van der Waals surface area contributed by atoms with E-state index in [9.17, 15) is 9.90 Å². The quantitative estimate of drug-likeness (QED) is 0.655. The summed E-state index contributed by atoms with van der Waals surface area (Å²) in [6.07, 6.45) is 5.73. The molecule has 0 aromatic heterocycles. The highest BCUT2D eigenvalue weighted by atomic mass is 79.9. The van der Waals surface area contributed by atoms with Gasteiger partial charge in [0.15, 0.2) is 0 Å². The van der Waals surface area contributed by atoms with Gasteiger partial charge in [0.25, 0.3) is 0 Å². The van der Waals surface area contributed by atoms with E-state index in [0.717, 1.165) is 12.8 Å². The molecule has 2 amide bonds. The van der Waals surface area contributed by atoms with E-state index in [1.54, 1.807) is 12.1 Å². The highest BCUT2D eigenvalue weighted by molar-refractivity contribution is 9.11. The lowest BCUT2D eigenvalue weighted by Gasteiger charge is -2.23. The molecule has 2 rings (SSSR count).